The molecule has 0 amide bonds. The van der Waals surface area contributed by atoms with Crippen LogP contribution >= 0.6 is 0 Å². The Morgan fingerprint density at radius 2 is 1.83 bits per heavy atom. The van der Waals surface area contributed by atoms with E-state index in [4.69, 9.17) is 9.72 Å². The number of piperidine rings is 1. The van der Waals surface area contributed by atoms with Crippen molar-refractivity contribution in [3.8, 4) is 5.75 Å². The van der Waals surface area contributed by atoms with Gasteiger partial charge in [-0.05, 0) is 50.8 Å². The molecule has 0 radical (unpaired) electrons. The minimum absolute atomic E-state index is 0.807. The Balaban J connectivity index is 1.88. The monoisotopic (exact) mass is 312 g/mol. The molecule has 1 aliphatic rings. The van der Waals surface area contributed by atoms with Gasteiger partial charge in [0.25, 0.3) is 0 Å². The molecule has 0 saturated carbocycles. The predicted octanol–water partition coefficient (Wildman–Crippen LogP) is 3.84. The van der Waals surface area contributed by atoms with Gasteiger partial charge >= 0.3 is 0 Å². The van der Waals surface area contributed by atoms with E-state index in [1.54, 1.807) is 7.11 Å². The second-order valence-electron chi connectivity index (χ2n) is 6.07. The average Bonchev–Trinajstić information content (AvgIpc) is 2.55. The van der Waals surface area contributed by atoms with Crippen LogP contribution < -0.4 is 15.0 Å². The maximum Gasteiger partial charge on any atom is 0.227 e. The number of aromatic nitrogens is 2. The van der Waals surface area contributed by atoms with Crippen molar-refractivity contribution in [2.45, 2.75) is 33.1 Å². The average molecular weight is 312 g/mol. The summed E-state index contributed by atoms with van der Waals surface area (Å²) in [6.45, 7) is 6.15. The van der Waals surface area contributed by atoms with Crippen molar-refractivity contribution in [2.24, 2.45) is 0 Å². The molecule has 1 aliphatic heterocycles. The van der Waals surface area contributed by atoms with E-state index in [0.717, 1.165) is 42.0 Å². The largest absolute Gasteiger partial charge is 0.495 e. The number of methoxy groups -OCH3 is 1. The van der Waals surface area contributed by atoms with Crippen molar-refractivity contribution >= 4 is 17.5 Å². The molecule has 5 heteroatoms. The molecule has 5 nitrogen and oxygen atoms in total. The van der Waals surface area contributed by atoms with Crippen LogP contribution in [0.3, 0.4) is 0 Å². The molecule has 1 saturated heterocycles. The molecule has 0 atom stereocenters. The molecule has 2 heterocycles. The molecule has 0 spiro atoms. The smallest absolute Gasteiger partial charge is 0.227 e. The zero-order valence-corrected chi connectivity index (χ0v) is 14.1. The van der Waals surface area contributed by atoms with Crippen LogP contribution in [0.1, 0.15) is 30.5 Å². The van der Waals surface area contributed by atoms with Gasteiger partial charge in [-0.3, -0.25) is 0 Å². The van der Waals surface area contributed by atoms with Crippen LogP contribution in [0.4, 0.5) is 17.5 Å². The number of anilines is 3. The summed E-state index contributed by atoms with van der Waals surface area (Å²) in [5, 5.41) is 3.38. The Bertz CT molecular complexity index is 681. The summed E-state index contributed by atoms with van der Waals surface area (Å²) in [4.78, 5) is 11.6. The van der Waals surface area contributed by atoms with E-state index in [9.17, 15) is 0 Å². The highest BCUT2D eigenvalue weighted by Crippen LogP contribution is 2.29. The molecule has 1 aromatic heterocycles. The predicted molar refractivity (Wildman–Crippen MR) is 93.8 cm³/mol. The van der Waals surface area contributed by atoms with E-state index in [2.05, 4.69) is 28.2 Å². The molecular weight excluding hydrogens is 288 g/mol. The Hall–Kier alpha value is -2.30. The van der Waals surface area contributed by atoms with Gasteiger partial charge in [0, 0.05) is 24.8 Å². The summed E-state index contributed by atoms with van der Waals surface area (Å²) in [6, 6.07) is 8.04. The highest BCUT2D eigenvalue weighted by molar-refractivity contribution is 5.66. The van der Waals surface area contributed by atoms with Crippen molar-refractivity contribution in [3.63, 3.8) is 0 Å². The molecule has 1 N–H and O–H groups in total. The van der Waals surface area contributed by atoms with Gasteiger partial charge in [-0.15, -0.1) is 0 Å². The standard InChI is InChI=1S/C18H24N4O/c1-13-7-8-16(23-3)15(11-13)20-17-12-14(2)19-18(21-17)22-9-5-4-6-10-22/h7-8,11-12H,4-6,9-10H2,1-3H3,(H,19,20,21). The van der Waals surface area contributed by atoms with Crippen molar-refractivity contribution in [3.05, 3.63) is 35.5 Å². The van der Waals surface area contributed by atoms with E-state index in [1.165, 1.54) is 24.8 Å². The van der Waals surface area contributed by atoms with Crippen LogP contribution in [0.5, 0.6) is 5.75 Å². The maximum absolute atomic E-state index is 5.43. The molecule has 2 aromatic rings. The Morgan fingerprint density at radius 3 is 2.57 bits per heavy atom. The highest BCUT2D eigenvalue weighted by Gasteiger charge is 2.15. The summed E-state index contributed by atoms with van der Waals surface area (Å²) < 4.78 is 5.43. The third-order valence-electron chi connectivity index (χ3n) is 4.10. The van der Waals surface area contributed by atoms with Crippen molar-refractivity contribution in [1.82, 2.24) is 9.97 Å². The molecule has 1 aromatic carbocycles. The molecule has 3 rings (SSSR count). The van der Waals surface area contributed by atoms with Gasteiger partial charge in [0.15, 0.2) is 0 Å². The van der Waals surface area contributed by atoms with Gasteiger partial charge in [0.05, 0.1) is 12.8 Å². The third kappa shape index (κ3) is 3.73. The topological polar surface area (TPSA) is 50.3 Å². The van der Waals surface area contributed by atoms with Gasteiger partial charge in [-0.1, -0.05) is 6.07 Å². The zero-order valence-electron chi connectivity index (χ0n) is 14.1. The first-order valence-electron chi connectivity index (χ1n) is 8.18. The van der Waals surface area contributed by atoms with Crippen LogP contribution in [-0.2, 0) is 0 Å². The molecule has 0 aliphatic carbocycles. The number of rotatable bonds is 4. The Kier molecular flexibility index (Phi) is 4.65. The van der Waals surface area contributed by atoms with E-state index in [-0.39, 0.29) is 0 Å². The molecule has 122 valence electrons. The minimum Gasteiger partial charge on any atom is -0.495 e. The normalized spacial score (nSPS) is 14.7. The quantitative estimate of drug-likeness (QED) is 0.929. The number of nitrogens with zero attached hydrogens (tertiary/aromatic N) is 3. The second-order valence-corrected chi connectivity index (χ2v) is 6.07. The maximum atomic E-state index is 5.43. The second kappa shape index (κ2) is 6.86. The molecule has 1 fully saturated rings. The van der Waals surface area contributed by atoms with E-state index in [1.807, 2.05) is 25.1 Å². The lowest BCUT2D eigenvalue weighted by Gasteiger charge is -2.27. The lowest BCUT2D eigenvalue weighted by Crippen LogP contribution is -2.31. The first-order chi connectivity index (χ1) is 11.2. The highest BCUT2D eigenvalue weighted by atomic mass is 16.5. The SMILES string of the molecule is COc1ccc(C)cc1Nc1cc(C)nc(N2CCCCC2)n1. The van der Waals surface area contributed by atoms with E-state index >= 15 is 0 Å². The van der Waals surface area contributed by atoms with Gasteiger partial charge in [-0.2, -0.15) is 4.98 Å². The van der Waals surface area contributed by atoms with Crippen LogP contribution in [0.2, 0.25) is 0 Å². The fourth-order valence-corrected chi connectivity index (χ4v) is 2.91. The fourth-order valence-electron chi connectivity index (χ4n) is 2.91. The molecule has 0 bridgehead atoms. The number of ether oxygens (including phenoxy) is 1. The summed E-state index contributed by atoms with van der Waals surface area (Å²) in [6.07, 6.45) is 3.73. The molecular formula is C18H24N4O. The van der Waals surface area contributed by atoms with Gasteiger partial charge in [0.1, 0.15) is 11.6 Å². The first-order valence-corrected chi connectivity index (χ1v) is 8.18. The lowest BCUT2D eigenvalue weighted by atomic mass is 10.1. The van der Waals surface area contributed by atoms with Gasteiger partial charge in [-0.25, -0.2) is 4.98 Å². The van der Waals surface area contributed by atoms with Crippen LogP contribution in [0, 0.1) is 13.8 Å². The summed E-state index contributed by atoms with van der Waals surface area (Å²) >= 11 is 0. The lowest BCUT2D eigenvalue weighted by molar-refractivity contribution is 0.416. The third-order valence-corrected chi connectivity index (χ3v) is 4.10. The van der Waals surface area contributed by atoms with Crippen molar-refractivity contribution < 1.29 is 4.74 Å². The Morgan fingerprint density at radius 1 is 1.04 bits per heavy atom. The summed E-state index contributed by atoms with van der Waals surface area (Å²) in [7, 11) is 1.68. The minimum atomic E-state index is 0.807. The Labute approximate surface area is 137 Å². The number of hydrogen-bond acceptors (Lipinski definition) is 5. The number of aryl methyl sites for hydroxylation is 2. The summed E-state index contributed by atoms with van der Waals surface area (Å²) in [5.41, 5.74) is 3.07. The zero-order chi connectivity index (χ0) is 16.2. The molecule has 23 heavy (non-hydrogen) atoms. The number of hydrogen-bond donors (Lipinski definition) is 1. The molecule has 0 unspecified atom stereocenters. The van der Waals surface area contributed by atoms with Crippen LogP contribution in [0.25, 0.3) is 0 Å². The van der Waals surface area contributed by atoms with E-state index in [0.29, 0.717) is 0 Å². The van der Waals surface area contributed by atoms with Gasteiger partial charge in [0.2, 0.25) is 5.95 Å². The van der Waals surface area contributed by atoms with Crippen molar-refractivity contribution in [2.75, 3.05) is 30.4 Å². The number of nitrogens with one attached hydrogen (secondary N) is 1. The first kappa shape index (κ1) is 15.6. The summed E-state index contributed by atoms with van der Waals surface area (Å²) in [5.74, 6) is 2.44. The van der Waals surface area contributed by atoms with E-state index < -0.39 is 0 Å². The van der Waals surface area contributed by atoms with Crippen LogP contribution in [-0.4, -0.2) is 30.2 Å². The number of benzene rings is 1. The van der Waals surface area contributed by atoms with Crippen molar-refractivity contribution in [1.29, 1.82) is 0 Å². The fraction of sp³-hybridized carbons (Fsp3) is 0.444. The van der Waals surface area contributed by atoms with Crippen LogP contribution in [0.15, 0.2) is 24.3 Å². The van der Waals surface area contributed by atoms with Gasteiger partial charge < -0.3 is 15.0 Å².